The molecule has 34 heavy (non-hydrogen) atoms. The maximum absolute atomic E-state index is 10.7. The normalized spacial score (nSPS) is 50.1. The molecular weight excluding hydrogens is 462 g/mol. The summed E-state index contributed by atoms with van der Waals surface area (Å²) in [5.74, 6) is -0.833. The molecule has 0 spiro atoms. The van der Waals surface area contributed by atoms with E-state index in [1.54, 1.807) is 0 Å². The summed E-state index contributed by atoms with van der Waals surface area (Å²) in [6.07, 6.45) is -15.7. The molecule has 3 aliphatic rings. The van der Waals surface area contributed by atoms with E-state index in [-0.39, 0.29) is 12.0 Å². The number of hydrogen-bond donors (Lipinski definition) is 12. The summed E-state index contributed by atoms with van der Waals surface area (Å²) < 4.78 is 10.9. The van der Waals surface area contributed by atoms with Crippen molar-refractivity contribution in [1.29, 1.82) is 0 Å². The molecule has 0 bridgehead atoms. The maximum atomic E-state index is 10.7. The number of aliphatic hydroxyl groups excluding tert-OH is 11. The Bertz CT molecular complexity index is 693. The Kier molecular flexibility index (Phi) is 9.38. The number of aliphatic hydroxyl groups is 11. The van der Waals surface area contributed by atoms with Gasteiger partial charge in [0.25, 0.3) is 0 Å². The molecule has 14 heteroatoms. The molecule has 1 saturated carbocycles. The van der Waals surface area contributed by atoms with E-state index in [0.29, 0.717) is 0 Å². The lowest BCUT2D eigenvalue weighted by Gasteiger charge is -2.47. The standard InChI is InChI=1S/C20H35NO13/c22-3-6-1-8(12(26)15(29)11(6)25)21-9-2-7(4-23)19(17(31)13(9)27)34-20-18(32)16(30)14(28)10(5-24)33-20/h1,7-32H,2-5H2/t7-,8?,9+,10-,11?,12?,13+,14-,15?,16+,17-,18-,19-,20+/m1/s1. The van der Waals surface area contributed by atoms with Gasteiger partial charge in [-0.05, 0) is 12.0 Å². The Labute approximate surface area is 194 Å². The minimum atomic E-state index is -1.75. The van der Waals surface area contributed by atoms with Gasteiger partial charge in [0.05, 0.1) is 31.5 Å². The largest absolute Gasteiger partial charge is 0.396 e. The lowest BCUT2D eigenvalue weighted by molar-refractivity contribution is -0.328. The first-order chi connectivity index (χ1) is 16.0. The fraction of sp³-hybridized carbons (Fsp3) is 0.900. The summed E-state index contributed by atoms with van der Waals surface area (Å²) in [4.78, 5) is 0. The average Bonchev–Trinajstić information content (AvgIpc) is 2.83. The van der Waals surface area contributed by atoms with Gasteiger partial charge in [-0.25, -0.2) is 0 Å². The summed E-state index contributed by atoms with van der Waals surface area (Å²) in [5, 5.41) is 113. The minimum Gasteiger partial charge on any atom is -0.396 e. The third-order valence-corrected chi connectivity index (χ3v) is 6.90. The molecule has 0 radical (unpaired) electrons. The second-order valence-electron chi connectivity index (χ2n) is 9.08. The predicted octanol–water partition coefficient (Wildman–Crippen LogP) is -6.75. The molecule has 0 amide bonds. The van der Waals surface area contributed by atoms with Gasteiger partial charge in [-0.1, -0.05) is 6.08 Å². The van der Waals surface area contributed by atoms with Crippen molar-refractivity contribution in [3.63, 3.8) is 0 Å². The van der Waals surface area contributed by atoms with Gasteiger partial charge in [0, 0.05) is 18.6 Å². The Morgan fingerprint density at radius 2 is 1.47 bits per heavy atom. The van der Waals surface area contributed by atoms with Crippen molar-refractivity contribution in [1.82, 2.24) is 5.32 Å². The third-order valence-electron chi connectivity index (χ3n) is 6.90. The molecule has 14 atom stereocenters. The number of rotatable bonds is 7. The zero-order valence-corrected chi connectivity index (χ0v) is 18.2. The smallest absolute Gasteiger partial charge is 0.187 e. The van der Waals surface area contributed by atoms with Crippen molar-refractivity contribution in [2.24, 2.45) is 5.92 Å². The molecule has 0 aromatic heterocycles. The van der Waals surface area contributed by atoms with E-state index in [1.165, 1.54) is 6.08 Å². The van der Waals surface area contributed by atoms with E-state index in [1.807, 2.05) is 0 Å². The Balaban J connectivity index is 1.73. The first-order valence-corrected chi connectivity index (χ1v) is 11.1. The zero-order chi connectivity index (χ0) is 25.3. The number of ether oxygens (including phenoxy) is 2. The summed E-state index contributed by atoms with van der Waals surface area (Å²) in [6.45, 7) is -1.80. The highest BCUT2D eigenvalue weighted by atomic mass is 16.7. The van der Waals surface area contributed by atoms with Crippen LogP contribution in [0.5, 0.6) is 0 Å². The van der Waals surface area contributed by atoms with E-state index >= 15 is 0 Å². The monoisotopic (exact) mass is 497 g/mol. The van der Waals surface area contributed by atoms with Crippen molar-refractivity contribution in [3.05, 3.63) is 11.6 Å². The van der Waals surface area contributed by atoms with Crippen LogP contribution >= 0.6 is 0 Å². The summed E-state index contributed by atoms with van der Waals surface area (Å²) in [6, 6.07) is -1.94. The van der Waals surface area contributed by atoms with Crippen LogP contribution in [0.2, 0.25) is 0 Å². The van der Waals surface area contributed by atoms with Crippen LogP contribution in [-0.4, -0.2) is 155 Å². The minimum absolute atomic E-state index is 0.0129. The van der Waals surface area contributed by atoms with Crippen LogP contribution in [0.1, 0.15) is 6.42 Å². The molecule has 12 N–H and O–H groups in total. The van der Waals surface area contributed by atoms with E-state index in [9.17, 15) is 56.2 Å². The molecular formula is C20H35NO13. The fourth-order valence-corrected chi connectivity index (χ4v) is 4.77. The van der Waals surface area contributed by atoms with Gasteiger partial charge < -0.3 is 71.0 Å². The molecule has 2 aliphatic carbocycles. The van der Waals surface area contributed by atoms with Crippen LogP contribution in [0.4, 0.5) is 0 Å². The molecule has 3 rings (SSSR count). The van der Waals surface area contributed by atoms with Gasteiger partial charge in [0.2, 0.25) is 0 Å². The lowest BCUT2D eigenvalue weighted by atomic mass is 9.78. The van der Waals surface area contributed by atoms with Gasteiger partial charge in [-0.15, -0.1) is 0 Å². The van der Waals surface area contributed by atoms with Crippen LogP contribution < -0.4 is 5.32 Å². The van der Waals surface area contributed by atoms with Crippen molar-refractivity contribution in [3.8, 4) is 0 Å². The Morgan fingerprint density at radius 3 is 2.06 bits per heavy atom. The van der Waals surface area contributed by atoms with E-state index in [0.717, 1.165) is 0 Å². The lowest BCUT2D eigenvalue weighted by Crippen LogP contribution is -2.66. The highest BCUT2D eigenvalue weighted by Gasteiger charge is 2.50. The molecule has 2 fully saturated rings. The molecule has 1 heterocycles. The van der Waals surface area contributed by atoms with E-state index < -0.39 is 105 Å². The molecule has 0 aromatic carbocycles. The number of hydrogen-bond acceptors (Lipinski definition) is 14. The number of nitrogens with one attached hydrogen (secondary N) is 1. The predicted molar refractivity (Wildman–Crippen MR) is 110 cm³/mol. The SMILES string of the molecule is OCC1=CC(N[C@H]2C[C@H](CO)[C@@H](O[C@@H]3O[C@H](CO)[C@@H](O)[C@H](O)[C@H]3O)[C@H](O)[C@H]2O)C(O)C(O)C1O. The molecule has 198 valence electrons. The van der Waals surface area contributed by atoms with Crippen molar-refractivity contribution in [2.45, 2.75) is 85.8 Å². The fourth-order valence-electron chi connectivity index (χ4n) is 4.77. The second kappa shape index (κ2) is 11.5. The summed E-state index contributed by atoms with van der Waals surface area (Å²) in [5.41, 5.74) is 0.0590. The van der Waals surface area contributed by atoms with Gasteiger partial charge in [0.15, 0.2) is 6.29 Å². The van der Waals surface area contributed by atoms with Gasteiger partial charge >= 0.3 is 0 Å². The summed E-state index contributed by atoms with van der Waals surface area (Å²) in [7, 11) is 0. The second-order valence-corrected chi connectivity index (χ2v) is 9.08. The van der Waals surface area contributed by atoms with Crippen LogP contribution in [0.15, 0.2) is 11.6 Å². The van der Waals surface area contributed by atoms with Gasteiger partial charge in [-0.2, -0.15) is 0 Å². The molecule has 4 unspecified atom stereocenters. The topological polar surface area (TPSA) is 253 Å². The van der Waals surface area contributed by atoms with Crippen LogP contribution in [0.3, 0.4) is 0 Å². The molecule has 1 aliphatic heterocycles. The van der Waals surface area contributed by atoms with E-state index in [2.05, 4.69) is 5.32 Å². The quantitative estimate of drug-likeness (QED) is 0.146. The van der Waals surface area contributed by atoms with Crippen molar-refractivity contribution in [2.75, 3.05) is 19.8 Å². The average molecular weight is 497 g/mol. The van der Waals surface area contributed by atoms with Gasteiger partial charge in [-0.3, -0.25) is 0 Å². The molecule has 1 saturated heterocycles. The van der Waals surface area contributed by atoms with E-state index in [4.69, 9.17) is 9.47 Å². The van der Waals surface area contributed by atoms with Crippen molar-refractivity contribution >= 4 is 0 Å². The Hall–Kier alpha value is -0.820. The first kappa shape index (κ1) is 27.8. The first-order valence-electron chi connectivity index (χ1n) is 11.1. The molecule has 0 aromatic rings. The van der Waals surface area contributed by atoms with Crippen molar-refractivity contribution < 1.29 is 65.6 Å². The van der Waals surface area contributed by atoms with Crippen LogP contribution in [0.25, 0.3) is 0 Å². The summed E-state index contributed by atoms with van der Waals surface area (Å²) >= 11 is 0. The third kappa shape index (κ3) is 5.30. The van der Waals surface area contributed by atoms with Gasteiger partial charge in [0.1, 0.15) is 48.8 Å². The highest BCUT2D eigenvalue weighted by molar-refractivity contribution is 5.22. The van der Waals surface area contributed by atoms with Crippen LogP contribution in [0, 0.1) is 5.92 Å². The maximum Gasteiger partial charge on any atom is 0.187 e. The molecule has 14 nitrogen and oxygen atoms in total. The zero-order valence-electron chi connectivity index (χ0n) is 18.2. The highest BCUT2D eigenvalue weighted by Crippen LogP contribution is 2.33. The Morgan fingerprint density at radius 1 is 0.794 bits per heavy atom. The van der Waals surface area contributed by atoms with Crippen LogP contribution in [-0.2, 0) is 9.47 Å².